The van der Waals surface area contributed by atoms with Gasteiger partial charge in [-0.2, -0.15) is 0 Å². The van der Waals surface area contributed by atoms with E-state index in [2.05, 4.69) is 37.4 Å². The van der Waals surface area contributed by atoms with Crippen molar-refractivity contribution < 1.29 is 5.11 Å². The third kappa shape index (κ3) is 3.43. The maximum absolute atomic E-state index is 9.58. The summed E-state index contributed by atoms with van der Waals surface area (Å²) in [6.07, 6.45) is 0. The van der Waals surface area contributed by atoms with Gasteiger partial charge in [-0.05, 0) is 30.5 Å². The van der Waals surface area contributed by atoms with Crippen LogP contribution in [-0.2, 0) is 0 Å². The summed E-state index contributed by atoms with van der Waals surface area (Å²) in [5, 5.41) is 13.1. The fraction of sp³-hybridized carbons (Fsp3) is 0.294. The largest absolute Gasteiger partial charge is 0.394 e. The summed E-state index contributed by atoms with van der Waals surface area (Å²) in [5.41, 5.74) is 3.66. The van der Waals surface area contributed by atoms with Gasteiger partial charge in [-0.1, -0.05) is 54.6 Å². The average molecular weight is 255 g/mol. The first-order valence-electron chi connectivity index (χ1n) is 6.69. The Hall–Kier alpha value is -1.64. The molecule has 2 atom stereocenters. The molecule has 0 amide bonds. The van der Waals surface area contributed by atoms with E-state index in [0.717, 1.165) is 5.56 Å². The molecule has 0 bridgehead atoms. The van der Waals surface area contributed by atoms with Crippen molar-refractivity contribution in [2.45, 2.75) is 25.9 Å². The molecule has 2 heteroatoms. The molecule has 0 spiro atoms. The Morgan fingerprint density at radius 1 is 1.00 bits per heavy atom. The first-order chi connectivity index (χ1) is 9.22. The highest BCUT2D eigenvalue weighted by molar-refractivity contribution is 5.29. The van der Waals surface area contributed by atoms with E-state index < -0.39 is 0 Å². The molecule has 2 aromatic carbocycles. The number of aryl methyl sites for hydroxylation is 1. The summed E-state index contributed by atoms with van der Waals surface area (Å²) in [4.78, 5) is 0. The van der Waals surface area contributed by atoms with Crippen molar-refractivity contribution in [3.05, 3.63) is 71.3 Å². The Morgan fingerprint density at radius 3 is 2.26 bits per heavy atom. The Kier molecular flexibility index (Phi) is 4.72. The number of aliphatic hydroxyl groups excluding tert-OH is 1. The second-order valence-electron chi connectivity index (χ2n) is 4.89. The van der Waals surface area contributed by atoms with Crippen LogP contribution in [0.2, 0.25) is 0 Å². The molecule has 0 aliphatic heterocycles. The SMILES string of the molecule is Cc1ccccc1C(C)N[C@H](CO)c1ccccc1. The fourth-order valence-electron chi connectivity index (χ4n) is 2.40. The first-order valence-corrected chi connectivity index (χ1v) is 6.69. The van der Waals surface area contributed by atoms with E-state index in [1.807, 2.05) is 36.4 Å². The molecule has 19 heavy (non-hydrogen) atoms. The second kappa shape index (κ2) is 6.50. The van der Waals surface area contributed by atoms with Crippen molar-refractivity contribution in [1.82, 2.24) is 5.32 Å². The molecule has 0 heterocycles. The predicted octanol–water partition coefficient (Wildman–Crippen LogP) is 3.38. The summed E-state index contributed by atoms with van der Waals surface area (Å²) in [6.45, 7) is 4.35. The van der Waals surface area contributed by atoms with Gasteiger partial charge in [0.05, 0.1) is 12.6 Å². The fourth-order valence-corrected chi connectivity index (χ4v) is 2.40. The highest BCUT2D eigenvalue weighted by atomic mass is 16.3. The van der Waals surface area contributed by atoms with Crippen molar-refractivity contribution in [3.63, 3.8) is 0 Å². The Morgan fingerprint density at radius 2 is 1.63 bits per heavy atom. The van der Waals surface area contributed by atoms with Crippen LogP contribution in [0.1, 0.15) is 35.7 Å². The summed E-state index contributed by atoms with van der Waals surface area (Å²) in [7, 11) is 0. The minimum atomic E-state index is -0.0317. The number of hydrogen-bond acceptors (Lipinski definition) is 2. The van der Waals surface area contributed by atoms with Gasteiger partial charge in [0.2, 0.25) is 0 Å². The van der Waals surface area contributed by atoms with E-state index in [1.165, 1.54) is 11.1 Å². The van der Waals surface area contributed by atoms with E-state index in [4.69, 9.17) is 0 Å². The third-order valence-corrected chi connectivity index (χ3v) is 3.49. The van der Waals surface area contributed by atoms with Crippen LogP contribution in [0.25, 0.3) is 0 Å². The lowest BCUT2D eigenvalue weighted by Crippen LogP contribution is -2.27. The van der Waals surface area contributed by atoms with Gasteiger partial charge in [0, 0.05) is 6.04 Å². The average Bonchev–Trinajstić information content (AvgIpc) is 2.46. The maximum atomic E-state index is 9.58. The zero-order valence-electron chi connectivity index (χ0n) is 11.5. The van der Waals surface area contributed by atoms with Gasteiger partial charge < -0.3 is 10.4 Å². The van der Waals surface area contributed by atoms with Crippen molar-refractivity contribution >= 4 is 0 Å². The Labute approximate surface area is 115 Å². The molecule has 0 aliphatic carbocycles. The standard InChI is InChI=1S/C17H21NO/c1-13-8-6-7-11-16(13)14(2)18-17(12-19)15-9-4-3-5-10-15/h3-11,14,17-19H,12H2,1-2H3/t14?,17-/m1/s1. The molecule has 1 unspecified atom stereocenters. The molecule has 2 N–H and O–H groups in total. The molecule has 100 valence electrons. The Bertz CT molecular complexity index is 510. The summed E-state index contributed by atoms with van der Waals surface area (Å²) in [5.74, 6) is 0. The van der Waals surface area contributed by atoms with E-state index >= 15 is 0 Å². The van der Waals surface area contributed by atoms with Crippen LogP contribution in [-0.4, -0.2) is 11.7 Å². The lowest BCUT2D eigenvalue weighted by atomic mass is 10.0. The minimum Gasteiger partial charge on any atom is -0.394 e. The van der Waals surface area contributed by atoms with Crippen LogP contribution < -0.4 is 5.32 Å². The van der Waals surface area contributed by atoms with Gasteiger partial charge >= 0.3 is 0 Å². The van der Waals surface area contributed by atoms with Crippen LogP contribution in [0, 0.1) is 6.92 Å². The highest BCUT2D eigenvalue weighted by Crippen LogP contribution is 2.21. The lowest BCUT2D eigenvalue weighted by molar-refractivity contribution is 0.235. The smallest absolute Gasteiger partial charge is 0.0626 e. The highest BCUT2D eigenvalue weighted by Gasteiger charge is 2.15. The van der Waals surface area contributed by atoms with Gasteiger partial charge in [0.15, 0.2) is 0 Å². The molecular formula is C17H21NO. The molecule has 0 fully saturated rings. The van der Waals surface area contributed by atoms with Crippen LogP contribution in [0.5, 0.6) is 0 Å². The quantitative estimate of drug-likeness (QED) is 0.858. The number of hydrogen-bond donors (Lipinski definition) is 2. The third-order valence-electron chi connectivity index (χ3n) is 3.49. The summed E-state index contributed by atoms with van der Waals surface area (Å²) >= 11 is 0. The number of aliphatic hydroxyl groups is 1. The molecule has 0 saturated heterocycles. The molecule has 2 aromatic rings. The van der Waals surface area contributed by atoms with Gasteiger partial charge in [-0.25, -0.2) is 0 Å². The van der Waals surface area contributed by atoms with Crippen LogP contribution >= 0.6 is 0 Å². The monoisotopic (exact) mass is 255 g/mol. The molecule has 2 nitrogen and oxygen atoms in total. The van der Waals surface area contributed by atoms with Crippen LogP contribution in [0.3, 0.4) is 0 Å². The molecule has 0 aromatic heterocycles. The van der Waals surface area contributed by atoms with Crippen molar-refractivity contribution in [3.8, 4) is 0 Å². The van der Waals surface area contributed by atoms with Crippen LogP contribution in [0.4, 0.5) is 0 Å². The Balaban J connectivity index is 2.13. The van der Waals surface area contributed by atoms with E-state index in [0.29, 0.717) is 0 Å². The van der Waals surface area contributed by atoms with Crippen molar-refractivity contribution in [2.24, 2.45) is 0 Å². The van der Waals surface area contributed by atoms with Gasteiger partial charge in [-0.15, -0.1) is 0 Å². The number of rotatable bonds is 5. The van der Waals surface area contributed by atoms with E-state index in [1.54, 1.807) is 0 Å². The molecule has 2 rings (SSSR count). The van der Waals surface area contributed by atoms with Crippen molar-refractivity contribution in [2.75, 3.05) is 6.61 Å². The first kappa shape index (κ1) is 13.8. The molecule has 0 saturated carbocycles. The number of benzene rings is 2. The molecule has 0 aliphatic rings. The summed E-state index contributed by atoms with van der Waals surface area (Å²) < 4.78 is 0. The topological polar surface area (TPSA) is 32.3 Å². The minimum absolute atomic E-state index is 0.0317. The zero-order chi connectivity index (χ0) is 13.7. The lowest BCUT2D eigenvalue weighted by Gasteiger charge is -2.23. The predicted molar refractivity (Wildman–Crippen MR) is 79.0 cm³/mol. The number of nitrogens with one attached hydrogen (secondary N) is 1. The van der Waals surface area contributed by atoms with Crippen LogP contribution in [0.15, 0.2) is 54.6 Å². The zero-order valence-corrected chi connectivity index (χ0v) is 11.5. The maximum Gasteiger partial charge on any atom is 0.0626 e. The normalized spacial score (nSPS) is 14.1. The second-order valence-corrected chi connectivity index (χ2v) is 4.89. The van der Waals surface area contributed by atoms with Gasteiger partial charge in [-0.3, -0.25) is 0 Å². The van der Waals surface area contributed by atoms with Crippen molar-refractivity contribution in [1.29, 1.82) is 0 Å². The van der Waals surface area contributed by atoms with Gasteiger partial charge in [0.1, 0.15) is 0 Å². The molecule has 0 radical (unpaired) electrons. The van der Waals surface area contributed by atoms with E-state index in [9.17, 15) is 5.11 Å². The molecular weight excluding hydrogens is 234 g/mol. The van der Waals surface area contributed by atoms with E-state index in [-0.39, 0.29) is 18.7 Å². The summed E-state index contributed by atoms with van der Waals surface area (Å²) in [6, 6.07) is 18.6. The van der Waals surface area contributed by atoms with Gasteiger partial charge in [0.25, 0.3) is 0 Å².